The van der Waals surface area contributed by atoms with Crippen LogP contribution in [0.2, 0.25) is 0 Å². The van der Waals surface area contributed by atoms with Crippen molar-refractivity contribution in [2.45, 2.75) is 26.4 Å². The number of anilines is 1. The minimum Gasteiger partial charge on any atom is -0.506 e. The van der Waals surface area contributed by atoms with Gasteiger partial charge in [-0.25, -0.2) is 4.79 Å². The van der Waals surface area contributed by atoms with E-state index in [4.69, 9.17) is 10.5 Å². The van der Waals surface area contributed by atoms with Crippen molar-refractivity contribution < 1.29 is 14.6 Å². The molecule has 3 N–H and O–H groups in total. The van der Waals surface area contributed by atoms with Gasteiger partial charge in [0.2, 0.25) is 0 Å². The Kier molecular flexibility index (Phi) is 3.55. The highest BCUT2D eigenvalue weighted by Crippen LogP contribution is 2.21. The van der Waals surface area contributed by atoms with E-state index < -0.39 is 5.97 Å². The molecule has 0 aromatic heterocycles. The summed E-state index contributed by atoms with van der Waals surface area (Å²) >= 11 is 0. The van der Waals surface area contributed by atoms with E-state index in [1.165, 1.54) is 18.2 Å². The van der Waals surface area contributed by atoms with E-state index in [9.17, 15) is 9.90 Å². The van der Waals surface area contributed by atoms with E-state index >= 15 is 0 Å². The summed E-state index contributed by atoms with van der Waals surface area (Å²) in [7, 11) is 0. The molecule has 0 spiro atoms. The number of esters is 1. The molecule has 1 rings (SSSR count). The van der Waals surface area contributed by atoms with Crippen LogP contribution < -0.4 is 5.73 Å². The minimum atomic E-state index is -0.445. The van der Waals surface area contributed by atoms with Crippen molar-refractivity contribution in [3.8, 4) is 5.75 Å². The van der Waals surface area contributed by atoms with Gasteiger partial charge in [-0.3, -0.25) is 0 Å². The highest BCUT2D eigenvalue weighted by atomic mass is 16.5. The fourth-order valence-electron chi connectivity index (χ4n) is 1.00. The zero-order valence-corrected chi connectivity index (χ0v) is 8.86. The van der Waals surface area contributed by atoms with Gasteiger partial charge in [-0.2, -0.15) is 0 Å². The Labute approximate surface area is 88.7 Å². The SMILES string of the molecule is CCC(C)OC(=O)c1ccc(N)c(O)c1. The van der Waals surface area contributed by atoms with Crippen LogP contribution in [0.3, 0.4) is 0 Å². The van der Waals surface area contributed by atoms with Crippen LogP contribution in [0.5, 0.6) is 5.75 Å². The van der Waals surface area contributed by atoms with Crippen molar-refractivity contribution in [2.24, 2.45) is 0 Å². The van der Waals surface area contributed by atoms with Gasteiger partial charge in [0.05, 0.1) is 17.4 Å². The maximum absolute atomic E-state index is 11.5. The molecule has 0 aliphatic heterocycles. The molecule has 1 atom stereocenters. The number of rotatable bonds is 3. The third-order valence-corrected chi connectivity index (χ3v) is 2.15. The van der Waals surface area contributed by atoms with Crippen molar-refractivity contribution in [1.82, 2.24) is 0 Å². The molecule has 0 aliphatic rings. The van der Waals surface area contributed by atoms with Crippen LogP contribution in [-0.2, 0) is 4.74 Å². The predicted molar refractivity (Wildman–Crippen MR) is 57.7 cm³/mol. The van der Waals surface area contributed by atoms with E-state index in [-0.39, 0.29) is 17.5 Å². The van der Waals surface area contributed by atoms with Crippen LogP contribution in [0, 0.1) is 0 Å². The second kappa shape index (κ2) is 4.68. The molecule has 15 heavy (non-hydrogen) atoms. The summed E-state index contributed by atoms with van der Waals surface area (Å²) in [5.41, 5.74) is 5.97. The predicted octanol–water partition coefficient (Wildman–Crippen LogP) is 1.93. The molecule has 4 nitrogen and oxygen atoms in total. The largest absolute Gasteiger partial charge is 0.506 e. The number of benzene rings is 1. The Morgan fingerprint density at radius 2 is 2.27 bits per heavy atom. The van der Waals surface area contributed by atoms with Gasteiger partial charge in [0.15, 0.2) is 0 Å². The normalized spacial score (nSPS) is 12.1. The summed E-state index contributed by atoms with van der Waals surface area (Å²) in [6.45, 7) is 3.74. The Balaban J connectivity index is 2.78. The molecule has 0 saturated carbocycles. The Morgan fingerprint density at radius 1 is 1.60 bits per heavy atom. The average Bonchev–Trinajstić information content (AvgIpc) is 2.21. The average molecular weight is 209 g/mol. The molecule has 1 unspecified atom stereocenters. The second-order valence-electron chi connectivity index (χ2n) is 3.40. The first-order valence-corrected chi connectivity index (χ1v) is 4.84. The van der Waals surface area contributed by atoms with Crippen molar-refractivity contribution in [3.63, 3.8) is 0 Å². The standard InChI is InChI=1S/C11H15NO3/c1-3-7(2)15-11(14)8-4-5-9(12)10(13)6-8/h4-7,13H,3,12H2,1-2H3. The minimum absolute atomic E-state index is 0.103. The lowest BCUT2D eigenvalue weighted by molar-refractivity contribution is 0.0334. The number of phenolic OH excluding ortho intramolecular Hbond substituents is 1. The smallest absolute Gasteiger partial charge is 0.338 e. The fraction of sp³-hybridized carbons (Fsp3) is 0.364. The third-order valence-electron chi connectivity index (χ3n) is 2.15. The van der Waals surface area contributed by atoms with Gasteiger partial charge in [-0.1, -0.05) is 6.92 Å². The van der Waals surface area contributed by atoms with Gasteiger partial charge < -0.3 is 15.6 Å². The van der Waals surface area contributed by atoms with E-state index in [0.717, 1.165) is 6.42 Å². The molecule has 0 aliphatic carbocycles. The van der Waals surface area contributed by atoms with Crippen molar-refractivity contribution in [2.75, 3.05) is 5.73 Å². The van der Waals surface area contributed by atoms with Crippen LogP contribution in [0.25, 0.3) is 0 Å². The van der Waals surface area contributed by atoms with E-state index in [2.05, 4.69) is 0 Å². The van der Waals surface area contributed by atoms with Gasteiger partial charge >= 0.3 is 5.97 Å². The monoisotopic (exact) mass is 209 g/mol. The fourth-order valence-corrected chi connectivity index (χ4v) is 1.00. The van der Waals surface area contributed by atoms with Gasteiger partial charge in [0.1, 0.15) is 5.75 Å². The molecule has 0 heterocycles. The summed E-state index contributed by atoms with van der Waals surface area (Å²) in [6, 6.07) is 4.31. The number of hydrogen-bond donors (Lipinski definition) is 2. The Bertz CT molecular complexity index is 363. The van der Waals surface area contributed by atoms with Crippen LogP contribution >= 0.6 is 0 Å². The molecule has 0 radical (unpaired) electrons. The first-order valence-electron chi connectivity index (χ1n) is 4.84. The maximum Gasteiger partial charge on any atom is 0.338 e. The van der Waals surface area contributed by atoms with Gasteiger partial charge in [-0.05, 0) is 31.5 Å². The van der Waals surface area contributed by atoms with Crippen LogP contribution in [0.1, 0.15) is 30.6 Å². The third kappa shape index (κ3) is 2.87. The summed E-state index contributed by atoms with van der Waals surface area (Å²) in [6.07, 6.45) is 0.629. The van der Waals surface area contributed by atoms with Crippen LogP contribution in [0.4, 0.5) is 5.69 Å². The molecule has 1 aromatic carbocycles. The number of aromatic hydroxyl groups is 1. The summed E-state index contributed by atoms with van der Waals surface area (Å²) in [4.78, 5) is 11.5. The quantitative estimate of drug-likeness (QED) is 0.453. The zero-order valence-electron chi connectivity index (χ0n) is 8.86. The Hall–Kier alpha value is -1.71. The summed E-state index contributed by atoms with van der Waals surface area (Å²) in [5.74, 6) is -0.548. The molecule has 82 valence electrons. The van der Waals surface area contributed by atoms with E-state index in [0.29, 0.717) is 5.56 Å². The number of carbonyl (C=O) groups is 1. The number of nitrogen functional groups attached to an aromatic ring is 1. The zero-order chi connectivity index (χ0) is 11.4. The van der Waals surface area contributed by atoms with Gasteiger partial charge in [-0.15, -0.1) is 0 Å². The van der Waals surface area contributed by atoms with E-state index in [1.807, 2.05) is 13.8 Å². The number of phenols is 1. The first kappa shape index (κ1) is 11.4. The van der Waals surface area contributed by atoms with E-state index in [1.54, 1.807) is 0 Å². The first-order chi connectivity index (χ1) is 7.04. The lowest BCUT2D eigenvalue weighted by Crippen LogP contribution is -2.13. The molecule has 4 heteroatoms. The molecular formula is C11H15NO3. The highest BCUT2D eigenvalue weighted by molar-refractivity contribution is 5.90. The molecule has 0 saturated heterocycles. The van der Waals surface area contributed by atoms with Crippen molar-refractivity contribution in [3.05, 3.63) is 23.8 Å². The summed E-state index contributed by atoms with van der Waals surface area (Å²) < 4.78 is 5.09. The maximum atomic E-state index is 11.5. The van der Waals surface area contributed by atoms with Crippen LogP contribution in [0.15, 0.2) is 18.2 Å². The lowest BCUT2D eigenvalue weighted by atomic mass is 10.2. The number of ether oxygens (including phenoxy) is 1. The molecule has 0 amide bonds. The van der Waals surface area contributed by atoms with Crippen molar-refractivity contribution >= 4 is 11.7 Å². The second-order valence-corrected chi connectivity index (χ2v) is 3.40. The number of nitrogens with two attached hydrogens (primary N) is 1. The molecule has 1 aromatic rings. The van der Waals surface area contributed by atoms with Gasteiger partial charge in [0.25, 0.3) is 0 Å². The highest BCUT2D eigenvalue weighted by Gasteiger charge is 2.11. The van der Waals surface area contributed by atoms with Crippen molar-refractivity contribution in [1.29, 1.82) is 0 Å². The number of hydrogen-bond acceptors (Lipinski definition) is 4. The summed E-state index contributed by atoms with van der Waals surface area (Å²) in [5, 5.41) is 9.31. The van der Waals surface area contributed by atoms with Gasteiger partial charge in [0, 0.05) is 0 Å². The molecule has 0 fully saturated rings. The van der Waals surface area contributed by atoms with Crippen LogP contribution in [-0.4, -0.2) is 17.2 Å². The topological polar surface area (TPSA) is 72.5 Å². The molecular weight excluding hydrogens is 194 g/mol. The number of carbonyl (C=O) groups excluding carboxylic acids is 1. The Morgan fingerprint density at radius 3 is 2.80 bits per heavy atom. The molecule has 0 bridgehead atoms. The lowest BCUT2D eigenvalue weighted by Gasteiger charge is -2.11.